The highest BCUT2D eigenvalue weighted by molar-refractivity contribution is 6.36. The van der Waals surface area contributed by atoms with Gasteiger partial charge in [0, 0.05) is 18.1 Å². The SMILES string of the molecule is Cc1ccc(F)c(N2CCN(C(=O)c3ccc(Cl)cc3Cl)[C@@H](C)C2=O)c1. The first-order valence-corrected chi connectivity index (χ1v) is 8.88. The molecule has 0 spiro atoms. The van der Waals surface area contributed by atoms with Gasteiger partial charge in [-0.15, -0.1) is 0 Å². The molecule has 2 amide bonds. The van der Waals surface area contributed by atoms with Gasteiger partial charge in [-0.2, -0.15) is 0 Å². The number of halogens is 3. The maximum Gasteiger partial charge on any atom is 0.256 e. The smallest absolute Gasteiger partial charge is 0.256 e. The second-order valence-corrected chi connectivity index (χ2v) is 7.09. The van der Waals surface area contributed by atoms with Crippen molar-refractivity contribution in [3.63, 3.8) is 0 Å². The Morgan fingerprint density at radius 1 is 1.15 bits per heavy atom. The average molecular weight is 395 g/mol. The largest absolute Gasteiger partial charge is 0.325 e. The Hall–Kier alpha value is -2.11. The topological polar surface area (TPSA) is 40.6 Å². The number of hydrogen-bond acceptors (Lipinski definition) is 2. The average Bonchev–Trinajstić information content (AvgIpc) is 2.59. The molecule has 1 heterocycles. The van der Waals surface area contributed by atoms with Crippen LogP contribution in [0.4, 0.5) is 10.1 Å². The van der Waals surface area contributed by atoms with Crippen LogP contribution in [-0.2, 0) is 4.79 Å². The molecule has 0 aromatic heterocycles. The minimum absolute atomic E-state index is 0.209. The van der Waals surface area contributed by atoms with E-state index in [0.29, 0.717) is 5.02 Å². The van der Waals surface area contributed by atoms with Crippen molar-refractivity contribution in [2.45, 2.75) is 19.9 Å². The number of anilines is 1. The summed E-state index contributed by atoms with van der Waals surface area (Å²) in [6.07, 6.45) is 0. The Labute approximate surface area is 161 Å². The first-order chi connectivity index (χ1) is 12.3. The van der Waals surface area contributed by atoms with E-state index in [4.69, 9.17) is 23.2 Å². The molecule has 4 nitrogen and oxygen atoms in total. The summed E-state index contributed by atoms with van der Waals surface area (Å²) >= 11 is 12.0. The molecule has 1 aliphatic heterocycles. The molecule has 0 saturated carbocycles. The minimum atomic E-state index is -0.733. The van der Waals surface area contributed by atoms with Crippen molar-refractivity contribution in [3.8, 4) is 0 Å². The Balaban J connectivity index is 1.86. The fourth-order valence-electron chi connectivity index (χ4n) is 3.03. The summed E-state index contributed by atoms with van der Waals surface area (Å²) in [4.78, 5) is 28.4. The maximum absolute atomic E-state index is 14.2. The third-order valence-corrected chi connectivity index (χ3v) is 5.02. The molecule has 7 heteroatoms. The van der Waals surface area contributed by atoms with Gasteiger partial charge >= 0.3 is 0 Å². The van der Waals surface area contributed by atoms with Gasteiger partial charge in [-0.1, -0.05) is 29.3 Å². The number of carbonyl (C=O) groups excluding carboxylic acids is 2. The molecule has 1 atom stereocenters. The zero-order valence-electron chi connectivity index (χ0n) is 14.3. The van der Waals surface area contributed by atoms with E-state index in [1.54, 1.807) is 25.1 Å². The van der Waals surface area contributed by atoms with Gasteiger partial charge in [0.15, 0.2) is 0 Å². The van der Waals surface area contributed by atoms with Gasteiger partial charge in [0.05, 0.1) is 16.3 Å². The third kappa shape index (κ3) is 3.41. The summed E-state index contributed by atoms with van der Waals surface area (Å²) in [5.74, 6) is -1.15. The van der Waals surface area contributed by atoms with Crippen LogP contribution in [0.2, 0.25) is 10.0 Å². The van der Waals surface area contributed by atoms with Crippen LogP contribution in [0.5, 0.6) is 0 Å². The first-order valence-electron chi connectivity index (χ1n) is 8.13. The lowest BCUT2D eigenvalue weighted by atomic mass is 10.1. The summed E-state index contributed by atoms with van der Waals surface area (Å²) in [5.41, 5.74) is 1.37. The monoisotopic (exact) mass is 394 g/mol. The van der Waals surface area contributed by atoms with Crippen molar-refractivity contribution in [1.29, 1.82) is 0 Å². The number of carbonyl (C=O) groups is 2. The van der Waals surface area contributed by atoms with Crippen LogP contribution in [0.25, 0.3) is 0 Å². The molecule has 1 saturated heterocycles. The first kappa shape index (κ1) is 18.7. The summed E-state index contributed by atoms with van der Waals surface area (Å²) < 4.78 is 14.2. The highest BCUT2D eigenvalue weighted by Crippen LogP contribution is 2.27. The quantitative estimate of drug-likeness (QED) is 0.760. The lowest BCUT2D eigenvalue weighted by molar-refractivity contribution is -0.124. The summed E-state index contributed by atoms with van der Waals surface area (Å²) in [6.45, 7) is 3.95. The molecule has 1 aliphatic rings. The van der Waals surface area contributed by atoms with Crippen LogP contribution in [-0.4, -0.2) is 35.8 Å². The summed E-state index contributed by atoms with van der Waals surface area (Å²) in [7, 11) is 0. The summed E-state index contributed by atoms with van der Waals surface area (Å²) in [6, 6.07) is 8.49. The van der Waals surface area contributed by atoms with Crippen molar-refractivity contribution in [2.24, 2.45) is 0 Å². The zero-order valence-corrected chi connectivity index (χ0v) is 15.8. The molecule has 3 rings (SSSR count). The van der Waals surface area contributed by atoms with Crippen LogP contribution < -0.4 is 4.90 Å². The highest BCUT2D eigenvalue weighted by Gasteiger charge is 2.36. The van der Waals surface area contributed by atoms with Gasteiger partial charge in [-0.25, -0.2) is 4.39 Å². The molecular weight excluding hydrogens is 378 g/mol. The van der Waals surface area contributed by atoms with Crippen LogP contribution in [0.1, 0.15) is 22.8 Å². The number of benzene rings is 2. The van der Waals surface area contributed by atoms with E-state index < -0.39 is 11.9 Å². The van der Waals surface area contributed by atoms with E-state index in [2.05, 4.69) is 0 Å². The van der Waals surface area contributed by atoms with Crippen molar-refractivity contribution in [1.82, 2.24) is 4.90 Å². The molecule has 2 aromatic rings. The zero-order chi connectivity index (χ0) is 19.0. The van der Waals surface area contributed by atoms with E-state index >= 15 is 0 Å². The standard InChI is InChI=1S/C19H17Cl2FN2O2/c1-11-3-6-16(22)17(9-11)24-8-7-23(12(2)18(24)25)19(26)14-5-4-13(20)10-15(14)21/h3-6,9-10,12H,7-8H2,1-2H3/t12-/m0/s1. The van der Waals surface area contributed by atoms with E-state index in [9.17, 15) is 14.0 Å². The van der Waals surface area contributed by atoms with Gasteiger partial charge in [0.25, 0.3) is 5.91 Å². The Morgan fingerprint density at radius 2 is 1.88 bits per heavy atom. The number of rotatable bonds is 2. The van der Waals surface area contributed by atoms with Crippen LogP contribution >= 0.6 is 23.2 Å². The minimum Gasteiger partial charge on any atom is -0.325 e. The lowest BCUT2D eigenvalue weighted by Gasteiger charge is -2.39. The Bertz CT molecular complexity index is 888. The molecule has 2 aromatic carbocycles. The fraction of sp³-hybridized carbons (Fsp3) is 0.263. The maximum atomic E-state index is 14.2. The van der Waals surface area contributed by atoms with Crippen LogP contribution in [0.3, 0.4) is 0 Å². The predicted molar refractivity (Wildman–Crippen MR) is 100 cm³/mol. The predicted octanol–water partition coefficient (Wildman–Crippen LogP) is 4.32. The number of piperazine rings is 1. The fourth-order valence-corrected chi connectivity index (χ4v) is 3.52. The summed E-state index contributed by atoms with van der Waals surface area (Å²) in [5, 5.41) is 0.657. The molecular formula is C19H17Cl2FN2O2. The second kappa shape index (κ2) is 7.25. The van der Waals surface area contributed by atoms with Crippen molar-refractivity contribution in [3.05, 3.63) is 63.4 Å². The van der Waals surface area contributed by atoms with Crippen molar-refractivity contribution >= 4 is 40.7 Å². The molecule has 0 radical (unpaired) electrons. The van der Waals surface area contributed by atoms with Crippen molar-refractivity contribution in [2.75, 3.05) is 18.0 Å². The van der Waals surface area contributed by atoms with Gasteiger partial charge in [0.2, 0.25) is 5.91 Å². The van der Waals surface area contributed by atoms with Crippen LogP contribution in [0, 0.1) is 12.7 Å². The number of aryl methyl sites for hydroxylation is 1. The molecule has 26 heavy (non-hydrogen) atoms. The molecule has 0 bridgehead atoms. The molecule has 0 N–H and O–H groups in total. The number of hydrogen-bond donors (Lipinski definition) is 0. The highest BCUT2D eigenvalue weighted by atomic mass is 35.5. The van der Waals surface area contributed by atoms with E-state index in [0.717, 1.165) is 5.56 Å². The third-order valence-electron chi connectivity index (χ3n) is 4.47. The van der Waals surface area contributed by atoms with Gasteiger partial charge in [0.1, 0.15) is 11.9 Å². The molecule has 136 valence electrons. The van der Waals surface area contributed by atoms with Crippen molar-refractivity contribution < 1.29 is 14.0 Å². The molecule has 0 aliphatic carbocycles. The second-order valence-electron chi connectivity index (χ2n) is 6.24. The molecule has 1 fully saturated rings. The number of amides is 2. The normalized spacial score (nSPS) is 17.6. The Kier molecular flexibility index (Phi) is 5.21. The van der Waals surface area contributed by atoms with E-state index in [1.807, 2.05) is 6.92 Å². The van der Waals surface area contributed by atoms with E-state index in [1.165, 1.54) is 28.0 Å². The Morgan fingerprint density at radius 3 is 2.58 bits per heavy atom. The van der Waals surface area contributed by atoms with E-state index in [-0.39, 0.29) is 41.2 Å². The van der Waals surface area contributed by atoms with Gasteiger partial charge < -0.3 is 9.80 Å². The lowest BCUT2D eigenvalue weighted by Crippen LogP contribution is -2.58. The van der Waals surface area contributed by atoms with Gasteiger partial charge in [-0.3, -0.25) is 9.59 Å². The number of nitrogens with zero attached hydrogens (tertiary/aromatic N) is 2. The molecule has 0 unspecified atom stereocenters. The van der Waals surface area contributed by atoms with Gasteiger partial charge in [-0.05, 0) is 49.7 Å². The van der Waals surface area contributed by atoms with Crippen LogP contribution in [0.15, 0.2) is 36.4 Å².